The van der Waals surface area contributed by atoms with Gasteiger partial charge in [0.05, 0.1) is 6.54 Å². The lowest BCUT2D eigenvalue weighted by Crippen LogP contribution is -2.68. The zero-order valence-corrected chi connectivity index (χ0v) is 18.7. The maximum Gasteiger partial charge on any atom is 0.284 e. The van der Waals surface area contributed by atoms with Crippen molar-refractivity contribution in [1.29, 1.82) is 0 Å². The molecule has 9 nitrogen and oxygen atoms in total. The Morgan fingerprint density at radius 1 is 1.42 bits per heavy atom. The number of fused-ring (bicyclic) bond motifs is 1. The van der Waals surface area contributed by atoms with Gasteiger partial charge in [-0.25, -0.2) is 23.4 Å². The van der Waals surface area contributed by atoms with Crippen LogP contribution in [0.2, 0.25) is 5.15 Å². The highest BCUT2D eigenvalue weighted by atomic mass is 35.5. The quantitative estimate of drug-likeness (QED) is 0.624. The van der Waals surface area contributed by atoms with E-state index in [0.717, 1.165) is 16.9 Å². The Hall–Kier alpha value is -1.60. The first-order chi connectivity index (χ1) is 14.4. The summed E-state index contributed by atoms with van der Waals surface area (Å²) in [4.78, 5) is 6.51. The van der Waals surface area contributed by atoms with Gasteiger partial charge in [0.2, 0.25) is 0 Å². The number of aromatic nitrogens is 3. The van der Waals surface area contributed by atoms with Crippen LogP contribution in [0, 0.1) is 5.41 Å². The number of nitrogens with zero attached hydrogens (tertiary/aromatic N) is 5. The van der Waals surface area contributed by atoms with Crippen LogP contribution in [-0.4, -0.2) is 70.6 Å². The van der Waals surface area contributed by atoms with E-state index in [1.807, 2.05) is 6.07 Å². The molecule has 1 aliphatic heterocycles. The molecule has 3 N–H and O–H groups in total. The highest BCUT2D eigenvalue weighted by molar-refractivity contribution is 7.86. The molecule has 2 fully saturated rings. The predicted molar refractivity (Wildman–Crippen MR) is 112 cm³/mol. The Balaban J connectivity index is 1.50. The molecule has 0 unspecified atom stereocenters. The monoisotopic (exact) mass is 478 g/mol. The smallest absolute Gasteiger partial charge is 0.284 e. The third-order valence-electron chi connectivity index (χ3n) is 6.19. The Bertz CT molecular complexity index is 1100. The highest BCUT2D eigenvalue weighted by Crippen LogP contribution is 2.52. The molecule has 1 spiro atoms. The molecule has 13 heteroatoms. The molecule has 0 bridgehead atoms. The van der Waals surface area contributed by atoms with Gasteiger partial charge < -0.3 is 10.0 Å². The summed E-state index contributed by atoms with van der Waals surface area (Å²) in [5.74, 6) is -2.59. The third kappa shape index (κ3) is 3.99. The second-order valence-electron chi connectivity index (χ2n) is 8.94. The van der Waals surface area contributed by atoms with Crippen molar-refractivity contribution in [2.24, 2.45) is 10.6 Å². The Kier molecular flexibility index (Phi) is 5.45. The number of nitrogens with two attached hydrogens (primary N) is 1. The van der Waals surface area contributed by atoms with E-state index in [-0.39, 0.29) is 11.3 Å². The number of rotatable bonds is 7. The molecular weight excluding hydrogens is 454 g/mol. The van der Waals surface area contributed by atoms with Crippen LogP contribution in [-0.2, 0) is 10.2 Å². The average Bonchev–Trinajstić information content (AvgIpc) is 2.95. The summed E-state index contributed by atoms with van der Waals surface area (Å²) >= 11 is 6.32. The maximum absolute atomic E-state index is 13.6. The summed E-state index contributed by atoms with van der Waals surface area (Å²) in [6, 6.07) is 1.26. The van der Waals surface area contributed by atoms with Gasteiger partial charge in [0.25, 0.3) is 16.1 Å². The molecule has 2 aromatic rings. The summed E-state index contributed by atoms with van der Waals surface area (Å²) in [5.41, 5.74) is 1.68. The number of anilines is 1. The van der Waals surface area contributed by atoms with E-state index in [0.29, 0.717) is 35.4 Å². The number of hydrogen-bond acceptors (Lipinski definition) is 6. The number of aliphatic hydroxyl groups is 1. The first-order valence-electron chi connectivity index (χ1n) is 9.91. The molecule has 2 aromatic heterocycles. The van der Waals surface area contributed by atoms with Crippen molar-refractivity contribution in [3.63, 3.8) is 0 Å². The van der Waals surface area contributed by atoms with E-state index in [1.54, 1.807) is 4.52 Å². The van der Waals surface area contributed by atoms with Gasteiger partial charge in [0.15, 0.2) is 5.82 Å². The zero-order valence-electron chi connectivity index (χ0n) is 17.2. The average molecular weight is 479 g/mol. The van der Waals surface area contributed by atoms with Gasteiger partial charge >= 0.3 is 0 Å². The summed E-state index contributed by atoms with van der Waals surface area (Å²) in [6.45, 7) is 2.78. The van der Waals surface area contributed by atoms with Gasteiger partial charge in [-0.2, -0.15) is 17.8 Å². The van der Waals surface area contributed by atoms with Crippen LogP contribution in [0.15, 0.2) is 12.4 Å². The van der Waals surface area contributed by atoms with Crippen molar-refractivity contribution in [3.8, 4) is 0 Å². The van der Waals surface area contributed by atoms with Gasteiger partial charge in [0.1, 0.15) is 23.6 Å². The van der Waals surface area contributed by atoms with Gasteiger partial charge in [-0.15, -0.1) is 0 Å². The topological polar surface area (TPSA) is 117 Å². The van der Waals surface area contributed by atoms with Gasteiger partial charge in [-0.1, -0.05) is 25.4 Å². The minimum atomic E-state index is -4.32. The van der Waals surface area contributed by atoms with Gasteiger partial charge in [-0.3, -0.25) is 0 Å². The Labute approximate surface area is 184 Å². The molecule has 0 radical (unpaired) electrons. The van der Waals surface area contributed by atoms with Gasteiger partial charge in [-0.05, 0) is 30.4 Å². The molecule has 1 saturated heterocycles. The lowest BCUT2D eigenvalue weighted by Gasteiger charge is -2.60. The van der Waals surface area contributed by atoms with Crippen molar-refractivity contribution in [1.82, 2.24) is 18.9 Å². The second kappa shape index (κ2) is 7.48. The molecule has 2 aliphatic rings. The van der Waals surface area contributed by atoms with Crippen molar-refractivity contribution in [3.05, 3.63) is 23.1 Å². The number of alkyl halides is 2. The van der Waals surface area contributed by atoms with Crippen LogP contribution < -0.4 is 10.0 Å². The standard InChI is InChI=1S/C18H25ClF2N6O3S/c1-11(2)13-3-14(19)27-15(13)16(23-10-24-27)25-6-17(7-25)4-12(5-17)26(31(22,29)30)8-18(20,21)9-28/h3,10-12,28H,4-9H2,1-2H3,(H2,22,29,30). The Morgan fingerprint density at radius 2 is 2.06 bits per heavy atom. The fourth-order valence-electron chi connectivity index (χ4n) is 4.71. The van der Waals surface area contributed by atoms with Crippen molar-refractivity contribution < 1.29 is 22.3 Å². The molecule has 31 heavy (non-hydrogen) atoms. The molecule has 1 aliphatic carbocycles. The molecule has 4 rings (SSSR count). The molecule has 3 heterocycles. The van der Waals surface area contributed by atoms with Gasteiger partial charge in [0, 0.05) is 24.5 Å². The molecule has 172 valence electrons. The van der Waals surface area contributed by atoms with Crippen LogP contribution >= 0.6 is 11.6 Å². The summed E-state index contributed by atoms with van der Waals surface area (Å²) < 4.78 is 53.2. The maximum atomic E-state index is 13.6. The van der Waals surface area contributed by atoms with E-state index in [9.17, 15) is 17.2 Å². The molecule has 0 amide bonds. The Morgan fingerprint density at radius 3 is 2.61 bits per heavy atom. The highest BCUT2D eigenvalue weighted by Gasteiger charge is 2.56. The van der Waals surface area contributed by atoms with Crippen molar-refractivity contribution >= 4 is 33.1 Å². The van der Waals surface area contributed by atoms with Crippen molar-refractivity contribution in [2.75, 3.05) is 31.1 Å². The van der Waals surface area contributed by atoms with Crippen molar-refractivity contribution in [2.45, 2.75) is 44.6 Å². The van der Waals surface area contributed by atoms with E-state index in [1.165, 1.54) is 6.33 Å². The largest absolute Gasteiger partial charge is 0.390 e. The first kappa shape index (κ1) is 22.6. The lowest BCUT2D eigenvalue weighted by molar-refractivity contribution is -0.0814. The molecular formula is C18H25ClF2N6O3S. The first-order valence-corrected chi connectivity index (χ1v) is 11.8. The second-order valence-corrected chi connectivity index (χ2v) is 10.8. The SMILES string of the molecule is CC(C)c1cc(Cl)n2ncnc(N3CC4(CC(N(CC(F)(F)CO)S(N)(=O)=O)C4)C3)c12. The number of aliphatic hydroxyl groups excluding tert-OH is 1. The van der Waals surface area contributed by atoms with Crippen LogP contribution in [0.4, 0.5) is 14.6 Å². The van der Waals surface area contributed by atoms with Crippen LogP contribution in [0.25, 0.3) is 5.52 Å². The normalized spacial score (nSPS) is 19.5. The molecule has 1 saturated carbocycles. The lowest BCUT2D eigenvalue weighted by atomic mass is 9.60. The number of halogens is 3. The fraction of sp³-hybridized carbons (Fsp3) is 0.667. The fourth-order valence-corrected chi connectivity index (χ4v) is 5.89. The van der Waals surface area contributed by atoms with Crippen LogP contribution in [0.5, 0.6) is 0 Å². The van der Waals surface area contributed by atoms with Crippen LogP contribution in [0.3, 0.4) is 0 Å². The van der Waals surface area contributed by atoms with Crippen LogP contribution in [0.1, 0.15) is 38.2 Å². The number of hydrogen-bond donors (Lipinski definition) is 2. The third-order valence-corrected chi connectivity index (χ3v) is 7.54. The predicted octanol–water partition coefficient (Wildman–Crippen LogP) is 1.61. The minimum absolute atomic E-state index is 0.182. The zero-order chi connectivity index (χ0) is 22.8. The van der Waals surface area contributed by atoms with E-state index < -0.39 is 35.3 Å². The van der Waals surface area contributed by atoms with E-state index >= 15 is 0 Å². The minimum Gasteiger partial charge on any atom is -0.390 e. The summed E-state index contributed by atoms with van der Waals surface area (Å²) in [7, 11) is -4.32. The molecule has 0 atom stereocenters. The summed E-state index contributed by atoms with van der Waals surface area (Å²) in [6.07, 6.45) is 2.27. The van der Waals surface area contributed by atoms with E-state index in [4.69, 9.17) is 21.8 Å². The molecule has 0 aromatic carbocycles. The van der Waals surface area contributed by atoms with E-state index in [2.05, 4.69) is 28.8 Å². The summed E-state index contributed by atoms with van der Waals surface area (Å²) in [5, 5.41) is 18.7.